The van der Waals surface area contributed by atoms with Crippen LogP contribution in [0.15, 0.2) is 35.1 Å². The molecule has 3 heteroatoms. The summed E-state index contributed by atoms with van der Waals surface area (Å²) >= 11 is 0. The first-order valence-electron chi connectivity index (χ1n) is 5.88. The Kier molecular flexibility index (Phi) is 2.69. The van der Waals surface area contributed by atoms with Crippen LogP contribution in [0, 0.1) is 0 Å². The molecule has 2 aromatic rings. The van der Waals surface area contributed by atoms with Gasteiger partial charge in [-0.2, -0.15) is 0 Å². The van der Waals surface area contributed by atoms with E-state index in [-0.39, 0.29) is 11.1 Å². The Hall–Kier alpha value is -1.77. The van der Waals surface area contributed by atoms with Gasteiger partial charge in [0.2, 0.25) is 0 Å². The number of nitrogen functional groups attached to an aromatic ring is 1. The molecule has 1 aromatic heterocycles. The van der Waals surface area contributed by atoms with Crippen molar-refractivity contribution in [3.8, 4) is 0 Å². The molecule has 0 atom stereocenters. The largest absolute Gasteiger partial charge is 0.385 e. The molecule has 17 heavy (non-hydrogen) atoms. The number of hydrogen-bond donors (Lipinski definition) is 1. The van der Waals surface area contributed by atoms with Gasteiger partial charge in [0.1, 0.15) is 5.82 Å². The van der Waals surface area contributed by atoms with Crippen LogP contribution in [0.25, 0.3) is 10.8 Å². The standard InChI is InChI=1S/C14H18N2O/c1-4-14(2,3)16-12(15)9-10-7-5-6-8-11(10)13(16)17/h5-9H,4,15H2,1-3H3. The van der Waals surface area contributed by atoms with Crippen molar-refractivity contribution in [3.05, 3.63) is 40.7 Å². The summed E-state index contributed by atoms with van der Waals surface area (Å²) in [6.07, 6.45) is 0.857. The predicted molar refractivity (Wildman–Crippen MR) is 72.2 cm³/mol. The minimum atomic E-state index is -0.259. The van der Waals surface area contributed by atoms with E-state index in [0.29, 0.717) is 5.82 Å². The Morgan fingerprint density at radius 2 is 1.94 bits per heavy atom. The lowest BCUT2D eigenvalue weighted by atomic mass is 10.0. The Bertz CT molecular complexity index is 611. The SMILES string of the molecule is CCC(C)(C)n1c(N)cc2ccccc2c1=O. The number of fused-ring (bicyclic) bond motifs is 1. The highest BCUT2D eigenvalue weighted by Crippen LogP contribution is 2.23. The van der Waals surface area contributed by atoms with E-state index < -0.39 is 0 Å². The Morgan fingerprint density at radius 3 is 2.59 bits per heavy atom. The van der Waals surface area contributed by atoms with Crippen molar-refractivity contribution < 1.29 is 0 Å². The Balaban J connectivity index is 2.86. The molecule has 0 bridgehead atoms. The molecule has 2 rings (SSSR count). The highest BCUT2D eigenvalue weighted by Gasteiger charge is 2.22. The second-order valence-electron chi connectivity index (χ2n) is 4.96. The summed E-state index contributed by atoms with van der Waals surface area (Å²) in [5.74, 6) is 0.528. The molecule has 1 heterocycles. The van der Waals surface area contributed by atoms with Gasteiger partial charge in [-0.3, -0.25) is 9.36 Å². The van der Waals surface area contributed by atoms with E-state index in [1.165, 1.54) is 0 Å². The van der Waals surface area contributed by atoms with Crippen LogP contribution in [0.2, 0.25) is 0 Å². The van der Waals surface area contributed by atoms with Crippen molar-refractivity contribution in [1.82, 2.24) is 4.57 Å². The van der Waals surface area contributed by atoms with Gasteiger partial charge in [-0.25, -0.2) is 0 Å². The monoisotopic (exact) mass is 230 g/mol. The maximum Gasteiger partial charge on any atom is 0.260 e. The summed E-state index contributed by atoms with van der Waals surface area (Å²) in [6, 6.07) is 9.42. The van der Waals surface area contributed by atoms with Crippen molar-refractivity contribution in [2.75, 3.05) is 5.73 Å². The number of rotatable bonds is 2. The third kappa shape index (κ3) is 1.82. The van der Waals surface area contributed by atoms with Gasteiger partial charge in [-0.05, 0) is 37.8 Å². The van der Waals surface area contributed by atoms with E-state index in [1.807, 2.05) is 44.2 Å². The van der Waals surface area contributed by atoms with Gasteiger partial charge in [0, 0.05) is 10.9 Å². The molecule has 90 valence electrons. The highest BCUT2D eigenvalue weighted by molar-refractivity contribution is 5.83. The van der Waals surface area contributed by atoms with Gasteiger partial charge in [0.05, 0.1) is 0 Å². The third-order valence-corrected chi connectivity index (χ3v) is 3.43. The molecular formula is C14H18N2O. The van der Waals surface area contributed by atoms with Crippen LogP contribution in [-0.4, -0.2) is 4.57 Å². The lowest BCUT2D eigenvalue weighted by Gasteiger charge is -2.28. The van der Waals surface area contributed by atoms with Gasteiger partial charge < -0.3 is 5.73 Å². The van der Waals surface area contributed by atoms with E-state index in [0.717, 1.165) is 17.2 Å². The van der Waals surface area contributed by atoms with E-state index in [4.69, 9.17) is 5.73 Å². The topological polar surface area (TPSA) is 48.0 Å². The molecule has 0 spiro atoms. The zero-order valence-corrected chi connectivity index (χ0v) is 10.5. The number of aromatic nitrogens is 1. The fourth-order valence-electron chi connectivity index (χ4n) is 2.06. The number of hydrogen-bond acceptors (Lipinski definition) is 2. The minimum Gasteiger partial charge on any atom is -0.385 e. The van der Waals surface area contributed by atoms with Crippen LogP contribution in [0.3, 0.4) is 0 Å². The van der Waals surface area contributed by atoms with Gasteiger partial charge >= 0.3 is 0 Å². The number of anilines is 1. The fraction of sp³-hybridized carbons (Fsp3) is 0.357. The van der Waals surface area contributed by atoms with Crippen LogP contribution < -0.4 is 11.3 Å². The van der Waals surface area contributed by atoms with Crippen LogP contribution in [0.5, 0.6) is 0 Å². The van der Waals surface area contributed by atoms with Crippen molar-refractivity contribution in [3.63, 3.8) is 0 Å². The summed E-state index contributed by atoms with van der Waals surface area (Å²) < 4.78 is 1.69. The first-order valence-corrected chi connectivity index (χ1v) is 5.88. The van der Waals surface area contributed by atoms with Crippen LogP contribution in [0.1, 0.15) is 27.2 Å². The van der Waals surface area contributed by atoms with Crippen molar-refractivity contribution in [2.24, 2.45) is 0 Å². The van der Waals surface area contributed by atoms with Crippen molar-refractivity contribution in [2.45, 2.75) is 32.7 Å². The predicted octanol–water partition coefficient (Wildman–Crippen LogP) is 2.73. The van der Waals surface area contributed by atoms with Gasteiger partial charge in [0.25, 0.3) is 5.56 Å². The molecule has 0 unspecified atom stereocenters. The molecule has 0 aliphatic carbocycles. The summed E-state index contributed by atoms with van der Waals surface area (Å²) in [5.41, 5.74) is 5.75. The van der Waals surface area contributed by atoms with E-state index in [9.17, 15) is 4.79 Å². The average Bonchev–Trinajstić information content (AvgIpc) is 2.28. The number of pyridine rings is 1. The minimum absolute atomic E-state index is 0.00699. The average molecular weight is 230 g/mol. The lowest BCUT2D eigenvalue weighted by molar-refractivity contribution is 0.339. The van der Waals surface area contributed by atoms with Gasteiger partial charge in [0.15, 0.2) is 0 Å². The second-order valence-corrected chi connectivity index (χ2v) is 4.96. The van der Waals surface area contributed by atoms with E-state index in [2.05, 4.69) is 6.92 Å². The molecule has 3 nitrogen and oxygen atoms in total. The molecule has 0 radical (unpaired) electrons. The lowest BCUT2D eigenvalue weighted by Crippen LogP contribution is -2.37. The Morgan fingerprint density at radius 1 is 1.29 bits per heavy atom. The number of benzene rings is 1. The zero-order valence-electron chi connectivity index (χ0n) is 10.5. The normalized spacial score (nSPS) is 11.9. The smallest absolute Gasteiger partial charge is 0.260 e. The first kappa shape index (κ1) is 11.7. The van der Waals surface area contributed by atoms with Crippen molar-refractivity contribution >= 4 is 16.6 Å². The summed E-state index contributed by atoms with van der Waals surface area (Å²) in [7, 11) is 0. The number of nitrogens with two attached hydrogens (primary N) is 1. The molecule has 0 amide bonds. The maximum absolute atomic E-state index is 12.4. The molecule has 1 aromatic carbocycles. The summed E-state index contributed by atoms with van der Waals surface area (Å²) in [4.78, 5) is 12.4. The zero-order chi connectivity index (χ0) is 12.6. The summed E-state index contributed by atoms with van der Waals surface area (Å²) in [5, 5.41) is 1.63. The van der Waals surface area contributed by atoms with E-state index in [1.54, 1.807) is 4.57 Å². The molecule has 0 aliphatic rings. The van der Waals surface area contributed by atoms with Crippen LogP contribution >= 0.6 is 0 Å². The molecule has 2 N–H and O–H groups in total. The molecule has 0 saturated heterocycles. The highest BCUT2D eigenvalue weighted by atomic mass is 16.1. The van der Waals surface area contributed by atoms with Crippen molar-refractivity contribution in [1.29, 1.82) is 0 Å². The van der Waals surface area contributed by atoms with Gasteiger partial charge in [-0.15, -0.1) is 0 Å². The van der Waals surface area contributed by atoms with Crippen LogP contribution in [0.4, 0.5) is 5.82 Å². The third-order valence-electron chi connectivity index (χ3n) is 3.43. The molecule has 0 fully saturated rings. The number of nitrogens with zero attached hydrogens (tertiary/aromatic N) is 1. The maximum atomic E-state index is 12.4. The fourth-order valence-corrected chi connectivity index (χ4v) is 2.06. The quantitative estimate of drug-likeness (QED) is 0.862. The molecular weight excluding hydrogens is 212 g/mol. The molecule has 0 aliphatic heterocycles. The second kappa shape index (κ2) is 3.91. The van der Waals surface area contributed by atoms with Gasteiger partial charge in [-0.1, -0.05) is 25.1 Å². The van der Waals surface area contributed by atoms with Crippen LogP contribution in [-0.2, 0) is 5.54 Å². The first-order chi connectivity index (χ1) is 7.97. The molecule has 0 saturated carbocycles. The summed E-state index contributed by atoms with van der Waals surface area (Å²) in [6.45, 7) is 6.11. The Labute approximate surface area is 101 Å². The van der Waals surface area contributed by atoms with E-state index >= 15 is 0 Å².